The van der Waals surface area contributed by atoms with Crippen LogP contribution in [0.4, 0.5) is 0 Å². The van der Waals surface area contributed by atoms with Gasteiger partial charge in [0.1, 0.15) is 11.7 Å². The molecule has 0 radical (unpaired) electrons. The summed E-state index contributed by atoms with van der Waals surface area (Å²) in [4.78, 5) is 2.66. The number of piperidine rings is 1. The lowest BCUT2D eigenvalue weighted by Crippen LogP contribution is -2.83. The summed E-state index contributed by atoms with van der Waals surface area (Å²) in [5.74, 6) is 1.74. The Morgan fingerprint density at radius 3 is 2.62 bits per heavy atom. The summed E-state index contributed by atoms with van der Waals surface area (Å²) in [5, 5.41) is 12.2. The minimum atomic E-state index is -0.905. The Balaban J connectivity index is 1.64. The molecule has 1 saturated heterocycles. The van der Waals surface area contributed by atoms with Crippen molar-refractivity contribution in [3.63, 3.8) is 0 Å². The monoisotopic (exact) mass is 467 g/mol. The van der Waals surface area contributed by atoms with Crippen molar-refractivity contribution in [2.24, 2.45) is 16.7 Å². The Hall–Kier alpha value is -1.56. The predicted octanol–water partition coefficient (Wildman–Crippen LogP) is 4.49. The van der Waals surface area contributed by atoms with Gasteiger partial charge in [0.05, 0.1) is 12.7 Å². The third-order valence-electron chi connectivity index (χ3n) is 11.2. The highest BCUT2D eigenvalue weighted by molar-refractivity contribution is 5.63. The highest BCUT2D eigenvalue weighted by atomic mass is 16.6. The van der Waals surface area contributed by atoms with Gasteiger partial charge in [0, 0.05) is 42.0 Å². The summed E-state index contributed by atoms with van der Waals surface area (Å²) in [7, 11) is 3.58. The number of ether oxygens (including phenoxy) is 3. The molecule has 1 aromatic carbocycles. The van der Waals surface area contributed by atoms with Crippen LogP contribution in [-0.4, -0.2) is 60.7 Å². The topological polar surface area (TPSA) is 51.2 Å². The van der Waals surface area contributed by atoms with E-state index in [-0.39, 0.29) is 28.3 Å². The minimum Gasteiger partial charge on any atom is -0.493 e. The van der Waals surface area contributed by atoms with E-state index in [1.807, 2.05) is 14.0 Å². The largest absolute Gasteiger partial charge is 0.493 e. The van der Waals surface area contributed by atoms with Crippen LogP contribution in [0.25, 0.3) is 0 Å². The molecule has 0 unspecified atom stereocenters. The fourth-order valence-corrected chi connectivity index (χ4v) is 9.26. The number of likely N-dealkylation sites (tertiary alicyclic amines) is 1. The van der Waals surface area contributed by atoms with Crippen molar-refractivity contribution in [3.05, 3.63) is 35.9 Å². The molecule has 2 spiro atoms. The molecule has 0 amide bonds. The molecule has 5 heteroatoms. The van der Waals surface area contributed by atoms with Gasteiger partial charge in [-0.3, -0.25) is 4.90 Å². The summed E-state index contributed by atoms with van der Waals surface area (Å²) < 4.78 is 19.5. The van der Waals surface area contributed by atoms with Crippen LogP contribution in [0.15, 0.2) is 24.8 Å². The highest BCUT2D eigenvalue weighted by Gasteiger charge is 2.82. The molecule has 4 fully saturated rings. The quantitative estimate of drug-likeness (QED) is 0.647. The Morgan fingerprint density at radius 1 is 1.21 bits per heavy atom. The van der Waals surface area contributed by atoms with Gasteiger partial charge in [-0.15, -0.1) is 6.58 Å². The molecule has 4 aliphatic carbocycles. The molecule has 1 N–H and O–H groups in total. The molecule has 5 nitrogen and oxygen atoms in total. The number of hydrogen-bond acceptors (Lipinski definition) is 5. The maximum absolute atomic E-state index is 12.2. The first-order valence-corrected chi connectivity index (χ1v) is 13.0. The number of hydrogen-bond donors (Lipinski definition) is 1. The molecule has 2 aliphatic heterocycles. The summed E-state index contributed by atoms with van der Waals surface area (Å²) >= 11 is 0. The molecule has 2 heterocycles. The van der Waals surface area contributed by atoms with Crippen LogP contribution in [0, 0.1) is 16.7 Å². The van der Waals surface area contributed by atoms with Crippen molar-refractivity contribution in [3.8, 4) is 11.5 Å². The first-order valence-electron chi connectivity index (χ1n) is 13.0. The smallest absolute Gasteiger partial charge is 0.165 e. The van der Waals surface area contributed by atoms with Gasteiger partial charge in [0.2, 0.25) is 0 Å². The van der Waals surface area contributed by atoms with Crippen LogP contribution in [0.1, 0.15) is 64.5 Å². The van der Waals surface area contributed by atoms with E-state index in [4.69, 9.17) is 14.2 Å². The third kappa shape index (κ3) is 2.29. The zero-order valence-corrected chi connectivity index (χ0v) is 21.7. The second-order valence-corrected chi connectivity index (χ2v) is 12.8. The van der Waals surface area contributed by atoms with Crippen molar-refractivity contribution in [2.45, 2.75) is 88.6 Å². The van der Waals surface area contributed by atoms with Crippen molar-refractivity contribution >= 4 is 0 Å². The van der Waals surface area contributed by atoms with Crippen LogP contribution in [-0.2, 0) is 16.6 Å². The van der Waals surface area contributed by atoms with Crippen LogP contribution in [0.2, 0.25) is 0 Å². The molecule has 7 atom stereocenters. The molecule has 3 saturated carbocycles. The van der Waals surface area contributed by atoms with Crippen LogP contribution in [0.3, 0.4) is 0 Å². The number of fused-ring (bicyclic) bond motifs is 2. The van der Waals surface area contributed by atoms with Gasteiger partial charge in [0.15, 0.2) is 11.5 Å². The number of nitrogens with zero attached hydrogens (tertiary/aromatic N) is 1. The fraction of sp³-hybridized carbons (Fsp3) is 0.724. The lowest BCUT2D eigenvalue weighted by Gasteiger charge is -2.75. The molecule has 34 heavy (non-hydrogen) atoms. The Bertz CT molecular complexity index is 1040. The molecule has 7 rings (SSSR count). The molecule has 1 aromatic rings. The summed E-state index contributed by atoms with van der Waals surface area (Å²) in [6.45, 7) is 14.5. The van der Waals surface area contributed by atoms with E-state index in [1.54, 1.807) is 7.11 Å². The molecule has 4 bridgehead atoms. The number of aliphatic hydroxyl groups is 1. The van der Waals surface area contributed by atoms with Crippen LogP contribution in [0.5, 0.6) is 11.5 Å². The maximum atomic E-state index is 12.2. The van der Waals surface area contributed by atoms with E-state index < -0.39 is 11.2 Å². The lowest BCUT2D eigenvalue weighted by atomic mass is 9.33. The van der Waals surface area contributed by atoms with Gasteiger partial charge in [-0.25, -0.2) is 0 Å². The van der Waals surface area contributed by atoms with E-state index >= 15 is 0 Å². The first-order chi connectivity index (χ1) is 16.0. The standard InChI is InChI=1S/C29H41NO4/c1-8-14-30-15-13-28-22-18-9-10-19(32-6)23(22)34-24(28)29(33-7)12-11-27(28,21(30)16-18)17-20(29)26(5,31)25(2,3)4/h8-10,20-21,24,31H,1,11-17H2,2-7H3/t20-,21-,24-,26+,27-,28+,29-/m1/s1. The van der Waals surface area contributed by atoms with Crippen LogP contribution < -0.4 is 9.47 Å². The van der Waals surface area contributed by atoms with Gasteiger partial charge in [-0.05, 0) is 62.6 Å². The zero-order valence-electron chi connectivity index (χ0n) is 21.7. The fourth-order valence-electron chi connectivity index (χ4n) is 9.26. The van der Waals surface area contributed by atoms with Crippen LogP contribution >= 0.6 is 0 Å². The van der Waals surface area contributed by atoms with Gasteiger partial charge in [-0.2, -0.15) is 0 Å². The van der Waals surface area contributed by atoms with E-state index in [0.717, 1.165) is 56.7 Å². The third-order valence-corrected chi connectivity index (χ3v) is 11.2. The van der Waals surface area contributed by atoms with Gasteiger partial charge in [-0.1, -0.05) is 32.9 Å². The van der Waals surface area contributed by atoms with Crippen molar-refractivity contribution in [2.75, 3.05) is 27.3 Å². The number of benzene rings is 1. The minimum absolute atomic E-state index is 0.0232. The number of rotatable bonds is 5. The SMILES string of the molecule is C=CCN1CC[C@]23c4c5ccc(OC)c4O[C@H]2[C@@]2(OC)CC[C@@]3(C[C@@H]2[C@](C)(O)C(C)(C)C)[C@H]1C5. The van der Waals surface area contributed by atoms with Gasteiger partial charge < -0.3 is 19.3 Å². The van der Waals surface area contributed by atoms with E-state index in [1.165, 1.54) is 11.1 Å². The summed E-state index contributed by atoms with van der Waals surface area (Å²) in [6.07, 6.45) is 6.97. The molecule has 0 aromatic heterocycles. The average molecular weight is 468 g/mol. The van der Waals surface area contributed by atoms with Gasteiger partial charge in [0.25, 0.3) is 0 Å². The van der Waals surface area contributed by atoms with E-state index in [9.17, 15) is 5.11 Å². The first kappa shape index (κ1) is 22.9. The van der Waals surface area contributed by atoms with Crippen molar-refractivity contribution in [1.82, 2.24) is 4.90 Å². The maximum Gasteiger partial charge on any atom is 0.165 e. The van der Waals surface area contributed by atoms with Gasteiger partial charge >= 0.3 is 0 Å². The zero-order chi connectivity index (χ0) is 24.3. The van der Waals surface area contributed by atoms with Crippen molar-refractivity contribution < 1.29 is 19.3 Å². The molecular formula is C29H41NO4. The Labute approximate surface area is 204 Å². The van der Waals surface area contributed by atoms with Crippen molar-refractivity contribution in [1.29, 1.82) is 0 Å². The highest BCUT2D eigenvalue weighted by Crippen LogP contribution is 2.78. The second-order valence-electron chi connectivity index (χ2n) is 12.8. The Kier molecular flexibility index (Phi) is 4.58. The Morgan fingerprint density at radius 2 is 1.97 bits per heavy atom. The number of methoxy groups -OCH3 is 2. The predicted molar refractivity (Wildman–Crippen MR) is 133 cm³/mol. The average Bonchev–Trinajstić information content (AvgIpc) is 3.17. The van der Waals surface area contributed by atoms with E-state index in [2.05, 4.69) is 50.5 Å². The molecular weight excluding hydrogens is 426 g/mol. The summed E-state index contributed by atoms with van der Waals surface area (Å²) in [5.41, 5.74) is 0.987. The lowest BCUT2D eigenvalue weighted by molar-refractivity contribution is -0.312. The molecule has 6 aliphatic rings. The summed E-state index contributed by atoms with van der Waals surface area (Å²) in [6, 6.07) is 4.76. The van der Waals surface area contributed by atoms with E-state index in [0.29, 0.717) is 6.04 Å². The normalized spacial score (nSPS) is 41.4. The second kappa shape index (κ2) is 6.80. The molecule has 186 valence electrons.